The topological polar surface area (TPSA) is 127 Å². The molecule has 9 nitrogen and oxygen atoms in total. The monoisotopic (exact) mass is 407 g/mol. The van der Waals surface area contributed by atoms with Crippen LogP contribution in [-0.4, -0.2) is 30.3 Å². The normalized spacial score (nSPS) is 10.0. The molecule has 3 N–H and O–H groups in total. The lowest BCUT2D eigenvalue weighted by molar-refractivity contribution is -0.149. The van der Waals surface area contributed by atoms with Gasteiger partial charge in [0.25, 0.3) is 11.8 Å². The molecule has 0 unspecified atom stereocenters. The van der Waals surface area contributed by atoms with Gasteiger partial charge in [0.1, 0.15) is 5.76 Å². The van der Waals surface area contributed by atoms with Crippen molar-refractivity contribution in [2.75, 3.05) is 6.61 Å². The van der Waals surface area contributed by atoms with Crippen molar-refractivity contribution in [2.45, 2.75) is 19.4 Å². The average Bonchev–Trinajstić information content (AvgIpc) is 3.21. The number of halogens is 1. The molecule has 1 aromatic carbocycles. The third-order valence-corrected chi connectivity index (χ3v) is 3.63. The number of esters is 1. The van der Waals surface area contributed by atoms with Crippen LogP contribution in [0.3, 0.4) is 0 Å². The van der Waals surface area contributed by atoms with Crippen LogP contribution < -0.4 is 16.2 Å². The van der Waals surface area contributed by atoms with Crippen molar-refractivity contribution in [2.24, 2.45) is 0 Å². The second-order valence-electron chi connectivity index (χ2n) is 5.53. The number of rotatable bonds is 8. The molecule has 0 bridgehead atoms. The molecule has 10 heteroatoms. The number of amides is 3. The van der Waals surface area contributed by atoms with Crippen molar-refractivity contribution in [3.05, 3.63) is 59.0 Å². The van der Waals surface area contributed by atoms with Crippen LogP contribution >= 0.6 is 11.6 Å². The summed E-state index contributed by atoms with van der Waals surface area (Å²) in [6, 6.07) is 9.44. The molecule has 0 aliphatic carbocycles. The Morgan fingerprint density at radius 2 is 1.71 bits per heavy atom. The first-order valence-corrected chi connectivity index (χ1v) is 8.61. The maximum Gasteiger partial charge on any atom is 0.306 e. The second kappa shape index (κ2) is 10.7. The molecule has 2 aromatic rings. The predicted octanol–water partition coefficient (Wildman–Crippen LogP) is 1.33. The van der Waals surface area contributed by atoms with E-state index in [1.54, 1.807) is 12.1 Å². The molecule has 0 saturated carbocycles. The minimum atomic E-state index is -0.724. The first-order chi connectivity index (χ1) is 13.4. The Bertz CT molecular complexity index is 820. The molecule has 1 heterocycles. The minimum absolute atomic E-state index is 0.0888. The summed E-state index contributed by atoms with van der Waals surface area (Å²) in [5, 5.41) is 3.06. The van der Waals surface area contributed by atoms with Gasteiger partial charge in [-0.2, -0.15) is 0 Å². The Labute approximate surface area is 165 Å². The third-order valence-electron chi connectivity index (χ3n) is 3.38. The lowest BCUT2D eigenvalue weighted by Gasteiger charge is -2.08. The fraction of sp³-hybridized carbons (Fsp3) is 0.222. The van der Waals surface area contributed by atoms with Crippen LogP contribution in [0.4, 0.5) is 0 Å². The van der Waals surface area contributed by atoms with Gasteiger partial charge in [-0.1, -0.05) is 11.6 Å². The quantitative estimate of drug-likeness (QED) is 0.447. The number of benzene rings is 1. The van der Waals surface area contributed by atoms with Gasteiger partial charge in [-0.05, 0) is 36.4 Å². The second-order valence-corrected chi connectivity index (χ2v) is 5.96. The van der Waals surface area contributed by atoms with Gasteiger partial charge in [-0.25, -0.2) is 0 Å². The zero-order valence-corrected chi connectivity index (χ0v) is 15.5. The van der Waals surface area contributed by atoms with E-state index in [1.807, 2.05) is 0 Å². The minimum Gasteiger partial charge on any atom is -0.467 e. The summed E-state index contributed by atoms with van der Waals surface area (Å²) in [5.41, 5.74) is 4.58. The van der Waals surface area contributed by atoms with Gasteiger partial charge in [0.15, 0.2) is 6.61 Å². The molecule has 0 aliphatic rings. The number of carbonyl (C=O) groups excluding carboxylic acids is 4. The van der Waals surface area contributed by atoms with Crippen molar-refractivity contribution < 1.29 is 28.3 Å². The summed E-state index contributed by atoms with van der Waals surface area (Å²) in [7, 11) is 0. The molecule has 148 valence electrons. The zero-order chi connectivity index (χ0) is 20.4. The van der Waals surface area contributed by atoms with Crippen molar-refractivity contribution in [3.63, 3.8) is 0 Å². The molecule has 0 spiro atoms. The van der Waals surface area contributed by atoms with Crippen molar-refractivity contribution in [3.8, 4) is 0 Å². The molecule has 3 amide bonds. The number of hydrogen-bond donors (Lipinski definition) is 3. The Morgan fingerprint density at radius 3 is 2.39 bits per heavy atom. The van der Waals surface area contributed by atoms with Gasteiger partial charge >= 0.3 is 5.97 Å². The summed E-state index contributed by atoms with van der Waals surface area (Å²) in [6.45, 7) is -0.371. The highest BCUT2D eigenvalue weighted by Gasteiger charge is 2.12. The van der Waals surface area contributed by atoms with Crippen molar-refractivity contribution in [1.82, 2.24) is 16.2 Å². The van der Waals surface area contributed by atoms with E-state index in [1.165, 1.54) is 30.5 Å². The number of hydrazine groups is 1. The standard InChI is InChI=1S/C18H18ClN3O6/c19-13-5-3-12(4-6-13)18(26)22-21-16(24)11-28-17(25)8-7-15(23)20-10-14-2-1-9-27-14/h1-6,9H,7-8,10-11H2,(H,20,23)(H,21,24)(H,22,26). The van der Waals surface area contributed by atoms with E-state index >= 15 is 0 Å². The number of ether oxygens (including phenoxy) is 1. The smallest absolute Gasteiger partial charge is 0.306 e. The average molecular weight is 408 g/mol. The first kappa shape index (κ1) is 21.0. The zero-order valence-electron chi connectivity index (χ0n) is 14.7. The molecule has 0 atom stereocenters. The SMILES string of the molecule is O=C(CCC(=O)OCC(=O)NNC(=O)c1ccc(Cl)cc1)NCc1ccco1. The van der Waals surface area contributed by atoms with Crippen LogP contribution in [0.5, 0.6) is 0 Å². The Morgan fingerprint density at radius 1 is 0.964 bits per heavy atom. The van der Waals surface area contributed by atoms with Crippen LogP contribution in [0.15, 0.2) is 47.1 Å². The van der Waals surface area contributed by atoms with Gasteiger partial charge < -0.3 is 14.5 Å². The van der Waals surface area contributed by atoms with E-state index in [2.05, 4.69) is 16.2 Å². The van der Waals surface area contributed by atoms with Gasteiger partial charge in [0, 0.05) is 17.0 Å². The highest BCUT2D eigenvalue weighted by atomic mass is 35.5. The Hall–Kier alpha value is -3.33. The van der Waals surface area contributed by atoms with E-state index in [-0.39, 0.29) is 25.3 Å². The van der Waals surface area contributed by atoms with Crippen LogP contribution in [0, 0.1) is 0 Å². The summed E-state index contributed by atoms with van der Waals surface area (Å²) in [5.74, 6) is -1.75. The maximum atomic E-state index is 11.8. The Balaban J connectivity index is 1.58. The molecular weight excluding hydrogens is 390 g/mol. The number of furan rings is 1. The van der Waals surface area contributed by atoms with Crippen molar-refractivity contribution in [1.29, 1.82) is 0 Å². The summed E-state index contributed by atoms with van der Waals surface area (Å²) in [6.07, 6.45) is 1.21. The molecule has 0 radical (unpaired) electrons. The predicted molar refractivity (Wildman–Crippen MR) is 97.8 cm³/mol. The largest absolute Gasteiger partial charge is 0.467 e. The number of hydrogen-bond acceptors (Lipinski definition) is 6. The molecule has 28 heavy (non-hydrogen) atoms. The van der Waals surface area contributed by atoms with Gasteiger partial charge in [0.2, 0.25) is 5.91 Å². The summed E-state index contributed by atoms with van der Waals surface area (Å²) >= 11 is 5.72. The van der Waals surface area contributed by atoms with E-state index in [4.69, 9.17) is 20.8 Å². The summed E-state index contributed by atoms with van der Waals surface area (Å²) < 4.78 is 9.80. The number of carbonyl (C=O) groups is 4. The number of nitrogens with one attached hydrogen (secondary N) is 3. The van der Waals surface area contributed by atoms with Gasteiger partial charge in [0.05, 0.1) is 19.2 Å². The lowest BCUT2D eigenvalue weighted by atomic mass is 10.2. The van der Waals surface area contributed by atoms with E-state index in [0.29, 0.717) is 16.3 Å². The molecule has 2 rings (SSSR count). The van der Waals surface area contributed by atoms with Crippen LogP contribution in [-0.2, 0) is 25.7 Å². The third kappa shape index (κ3) is 7.50. The van der Waals surface area contributed by atoms with Crippen LogP contribution in [0.1, 0.15) is 29.0 Å². The fourth-order valence-corrected chi connectivity index (χ4v) is 2.08. The molecule has 1 aromatic heterocycles. The van der Waals surface area contributed by atoms with E-state index in [0.717, 1.165) is 0 Å². The molecule has 0 saturated heterocycles. The van der Waals surface area contributed by atoms with E-state index in [9.17, 15) is 19.2 Å². The maximum absolute atomic E-state index is 11.8. The van der Waals surface area contributed by atoms with Crippen molar-refractivity contribution >= 4 is 35.3 Å². The van der Waals surface area contributed by atoms with Crippen LogP contribution in [0.25, 0.3) is 0 Å². The molecule has 0 fully saturated rings. The molecule has 0 aliphatic heterocycles. The lowest BCUT2D eigenvalue weighted by Crippen LogP contribution is -2.43. The van der Waals surface area contributed by atoms with E-state index < -0.39 is 24.4 Å². The van der Waals surface area contributed by atoms with Gasteiger partial charge in [-0.3, -0.25) is 30.0 Å². The first-order valence-electron chi connectivity index (χ1n) is 8.23. The highest BCUT2D eigenvalue weighted by Crippen LogP contribution is 2.09. The van der Waals surface area contributed by atoms with Crippen LogP contribution in [0.2, 0.25) is 5.02 Å². The molecular formula is C18H18ClN3O6. The summed E-state index contributed by atoms with van der Waals surface area (Å²) in [4.78, 5) is 46.6. The fourth-order valence-electron chi connectivity index (χ4n) is 1.96. The Kier molecular flexibility index (Phi) is 8.04. The highest BCUT2D eigenvalue weighted by molar-refractivity contribution is 6.30. The van der Waals surface area contributed by atoms with Gasteiger partial charge in [-0.15, -0.1) is 0 Å².